The van der Waals surface area contributed by atoms with E-state index in [-0.39, 0.29) is 5.56 Å². The van der Waals surface area contributed by atoms with Gasteiger partial charge in [0.15, 0.2) is 0 Å². The number of pyridine rings is 1. The van der Waals surface area contributed by atoms with Crippen LogP contribution in [0.25, 0.3) is 10.9 Å². The van der Waals surface area contributed by atoms with Crippen molar-refractivity contribution in [3.8, 4) is 0 Å². The van der Waals surface area contributed by atoms with E-state index in [1.165, 1.54) is 6.07 Å². The summed E-state index contributed by atoms with van der Waals surface area (Å²) in [4.78, 5) is 15.5. The average molecular weight is 333 g/mol. The Morgan fingerprint density at radius 3 is 2.64 bits per heavy atom. The number of nitrogens with zero attached hydrogens (tertiary/aromatic N) is 1. The molecule has 0 bridgehead atoms. The third kappa shape index (κ3) is 2.71. The van der Waals surface area contributed by atoms with Gasteiger partial charge in [0, 0.05) is 22.3 Å². The predicted octanol–water partition coefficient (Wildman–Crippen LogP) is 4.98. The monoisotopic (exact) mass is 332 g/mol. The fourth-order valence-corrected chi connectivity index (χ4v) is 2.75. The number of nitrogens with one attached hydrogen (secondary N) is 1. The molecule has 0 atom stereocenters. The van der Waals surface area contributed by atoms with Crippen molar-refractivity contribution in [1.82, 2.24) is 4.98 Å². The molecule has 4 nitrogen and oxygen atoms in total. The second-order valence-corrected chi connectivity index (χ2v) is 5.46. The lowest BCUT2D eigenvalue weighted by atomic mass is 10.1. The van der Waals surface area contributed by atoms with E-state index in [1.54, 1.807) is 42.6 Å². The summed E-state index contributed by atoms with van der Waals surface area (Å²) in [5.41, 5.74) is 1.95. The van der Waals surface area contributed by atoms with Crippen molar-refractivity contribution >= 4 is 51.4 Å². The van der Waals surface area contributed by atoms with Crippen LogP contribution in [0.2, 0.25) is 10.0 Å². The topological polar surface area (TPSA) is 62.2 Å². The molecule has 0 aliphatic rings. The van der Waals surface area contributed by atoms with E-state index in [2.05, 4.69) is 10.3 Å². The highest BCUT2D eigenvalue weighted by molar-refractivity contribution is 6.38. The van der Waals surface area contributed by atoms with Crippen molar-refractivity contribution < 1.29 is 9.90 Å². The SMILES string of the molecule is O=C(O)c1ccccc1Nc1ccnc2c(Cl)cc(Cl)cc12. The number of aromatic nitrogens is 1. The minimum atomic E-state index is -1.00. The molecule has 3 rings (SSSR count). The van der Waals surface area contributed by atoms with Gasteiger partial charge in [0.1, 0.15) is 0 Å². The maximum Gasteiger partial charge on any atom is 0.337 e. The first-order valence-electron chi connectivity index (χ1n) is 6.39. The van der Waals surface area contributed by atoms with Crippen LogP contribution < -0.4 is 5.32 Å². The summed E-state index contributed by atoms with van der Waals surface area (Å²) in [7, 11) is 0. The number of carboxylic acids is 1. The van der Waals surface area contributed by atoms with Gasteiger partial charge in [-0.1, -0.05) is 35.3 Å². The van der Waals surface area contributed by atoms with E-state index in [9.17, 15) is 9.90 Å². The lowest BCUT2D eigenvalue weighted by Gasteiger charge is -2.12. The molecule has 22 heavy (non-hydrogen) atoms. The van der Waals surface area contributed by atoms with Crippen molar-refractivity contribution in [3.63, 3.8) is 0 Å². The molecule has 2 N–H and O–H groups in total. The van der Waals surface area contributed by atoms with Crippen LogP contribution in [0.4, 0.5) is 11.4 Å². The number of benzene rings is 2. The van der Waals surface area contributed by atoms with Crippen LogP contribution in [0.5, 0.6) is 0 Å². The third-order valence-electron chi connectivity index (χ3n) is 3.19. The van der Waals surface area contributed by atoms with Gasteiger partial charge in [-0.25, -0.2) is 4.79 Å². The number of halogens is 2. The number of para-hydroxylation sites is 1. The van der Waals surface area contributed by atoms with E-state index in [1.807, 2.05) is 0 Å². The number of carbonyl (C=O) groups is 1. The highest BCUT2D eigenvalue weighted by atomic mass is 35.5. The van der Waals surface area contributed by atoms with Gasteiger partial charge >= 0.3 is 5.97 Å². The quantitative estimate of drug-likeness (QED) is 0.709. The fourth-order valence-electron chi connectivity index (χ4n) is 2.21. The molecule has 0 aliphatic carbocycles. The Balaban J connectivity index is 2.14. The Kier molecular flexibility index (Phi) is 3.88. The van der Waals surface area contributed by atoms with Crippen molar-refractivity contribution in [2.45, 2.75) is 0 Å². The molecule has 0 amide bonds. The summed E-state index contributed by atoms with van der Waals surface area (Å²) in [5, 5.41) is 14.0. The Labute approximate surface area is 136 Å². The Morgan fingerprint density at radius 1 is 1.09 bits per heavy atom. The fraction of sp³-hybridized carbons (Fsp3) is 0. The molecule has 0 saturated carbocycles. The van der Waals surface area contributed by atoms with Crippen molar-refractivity contribution in [3.05, 3.63) is 64.3 Å². The summed E-state index contributed by atoms with van der Waals surface area (Å²) in [6.07, 6.45) is 1.60. The Hall–Kier alpha value is -2.30. The van der Waals surface area contributed by atoms with E-state index < -0.39 is 5.97 Å². The average Bonchev–Trinajstić information content (AvgIpc) is 2.48. The second-order valence-electron chi connectivity index (χ2n) is 4.62. The van der Waals surface area contributed by atoms with Gasteiger partial charge in [-0.2, -0.15) is 0 Å². The summed E-state index contributed by atoms with van der Waals surface area (Å²) in [6, 6.07) is 11.8. The van der Waals surface area contributed by atoms with E-state index >= 15 is 0 Å². The normalized spacial score (nSPS) is 10.6. The minimum absolute atomic E-state index is 0.181. The van der Waals surface area contributed by atoms with E-state index in [0.29, 0.717) is 26.9 Å². The van der Waals surface area contributed by atoms with E-state index in [0.717, 1.165) is 5.39 Å². The molecule has 0 fully saturated rings. The third-order valence-corrected chi connectivity index (χ3v) is 3.70. The maximum atomic E-state index is 11.3. The van der Waals surface area contributed by atoms with E-state index in [4.69, 9.17) is 23.2 Å². The molecule has 110 valence electrons. The van der Waals surface area contributed by atoms with Crippen molar-refractivity contribution in [1.29, 1.82) is 0 Å². The van der Waals surface area contributed by atoms with Crippen LogP contribution in [-0.4, -0.2) is 16.1 Å². The van der Waals surface area contributed by atoms with Crippen molar-refractivity contribution in [2.75, 3.05) is 5.32 Å². The van der Waals surface area contributed by atoms with Gasteiger partial charge in [0.2, 0.25) is 0 Å². The van der Waals surface area contributed by atoms with Gasteiger partial charge in [-0.15, -0.1) is 0 Å². The highest BCUT2D eigenvalue weighted by Gasteiger charge is 2.12. The number of hydrogen-bond donors (Lipinski definition) is 2. The lowest BCUT2D eigenvalue weighted by molar-refractivity contribution is 0.0698. The molecule has 0 aliphatic heterocycles. The molecule has 0 spiro atoms. The largest absolute Gasteiger partial charge is 0.478 e. The Morgan fingerprint density at radius 2 is 1.86 bits per heavy atom. The summed E-state index contributed by atoms with van der Waals surface area (Å²) in [6.45, 7) is 0. The van der Waals surface area contributed by atoms with Crippen LogP contribution in [-0.2, 0) is 0 Å². The van der Waals surface area contributed by atoms with Crippen molar-refractivity contribution in [2.24, 2.45) is 0 Å². The minimum Gasteiger partial charge on any atom is -0.478 e. The first-order valence-corrected chi connectivity index (χ1v) is 7.15. The molecule has 1 heterocycles. The van der Waals surface area contributed by atoms with Crippen LogP contribution >= 0.6 is 23.2 Å². The predicted molar refractivity (Wildman–Crippen MR) is 88.4 cm³/mol. The first-order chi connectivity index (χ1) is 10.6. The zero-order valence-corrected chi connectivity index (χ0v) is 12.7. The number of anilines is 2. The second kappa shape index (κ2) is 5.83. The van der Waals surface area contributed by atoms with Crippen LogP contribution in [0.3, 0.4) is 0 Å². The highest BCUT2D eigenvalue weighted by Crippen LogP contribution is 2.33. The number of rotatable bonds is 3. The number of hydrogen-bond acceptors (Lipinski definition) is 3. The summed E-state index contributed by atoms with van der Waals surface area (Å²) < 4.78 is 0. The summed E-state index contributed by atoms with van der Waals surface area (Å²) in [5.74, 6) is -1.00. The van der Waals surface area contributed by atoms with Crippen LogP contribution in [0.1, 0.15) is 10.4 Å². The van der Waals surface area contributed by atoms with Gasteiger partial charge in [0.25, 0.3) is 0 Å². The summed E-state index contributed by atoms with van der Waals surface area (Å²) >= 11 is 12.2. The number of carboxylic acid groups (broad SMARTS) is 1. The zero-order chi connectivity index (χ0) is 15.7. The smallest absolute Gasteiger partial charge is 0.337 e. The first kappa shape index (κ1) is 14.6. The maximum absolute atomic E-state index is 11.3. The molecule has 2 aromatic carbocycles. The zero-order valence-electron chi connectivity index (χ0n) is 11.2. The van der Waals surface area contributed by atoms with Crippen LogP contribution in [0.15, 0.2) is 48.7 Å². The molecule has 1 aromatic heterocycles. The molecule has 3 aromatic rings. The molecule has 0 radical (unpaired) electrons. The van der Waals surface area contributed by atoms with Gasteiger partial charge in [0.05, 0.1) is 21.8 Å². The van der Waals surface area contributed by atoms with Gasteiger partial charge in [-0.05, 0) is 30.3 Å². The molecule has 0 saturated heterocycles. The van der Waals surface area contributed by atoms with Crippen LogP contribution in [0, 0.1) is 0 Å². The Bertz CT molecular complexity index is 881. The number of fused-ring (bicyclic) bond motifs is 1. The standard InChI is InChI=1S/C16H10Cl2N2O2/c17-9-7-11-14(5-6-19-15(11)12(18)8-9)20-13-4-2-1-3-10(13)16(21)22/h1-8H,(H,19,20)(H,21,22). The van der Waals surface area contributed by atoms with Gasteiger partial charge < -0.3 is 10.4 Å². The molecule has 6 heteroatoms. The molecule has 0 unspecified atom stereocenters. The molecular formula is C16H10Cl2N2O2. The number of aromatic carboxylic acids is 1. The lowest BCUT2D eigenvalue weighted by Crippen LogP contribution is -2.02. The van der Waals surface area contributed by atoms with Gasteiger partial charge in [-0.3, -0.25) is 4.98 Å². The molecular weight excluding hydrogens is 323 g/mol.